The molecule has 0 aliphatic heterocycles. The zero-order valence-corrected chi connectivity index (χ0v) is 14.8. The molecule has 2 atom stereocenters. The van der Waals surface area contributed by atoms with E-state index in [0.29, 0.717) is 0 Å². The third-order valence-corrected chi connectivity index (χ3v) is 4.81. The van der Waals surface area contributed by atoms with Gasteiger partial charge in [0.15, 0.2) is 0 Å². The molecule has 1 aliphatic rings. The normalized spacial score (nSPS) is 22.1. The molecule has 0 spiro atoms. The van der Waals surface area contributed by atoms with Crippen LogP contribution in [0, 0.1) is 28.9 Å². The Kier molecular flexibility index (Phi) is 5.56. The first-order valence-electron chi connectivity index (χ1n) is 7.52. The van der Waals surface area contributed by atoms with Crippen LogP contribution in [0.15, 0.2) is 23.2 Å². The average molecular weight is 399 g/mol. The number of carbonyl (C=O) groups is 1. The van der Waals surface area contributed by atoms with E-state index in [0.717, 1.165) is 18.2 Å². The van der Waals surface area contributed by atoms with Crippen molar-refractivity contribution in [2.45, 2.75) is 26.6 Å². The molecule has 1 fully saturated rings. The summed E-state index contributed by atoms with van der Waals surface area (Å²) in [4.78, 5) is 12.1. The van der Waals surface area contributed by atoms with Gasteiger partial charge in [0.2, 0.25) is 0 Å². The van der Waals surface area contributed by atoms with Crippen LogP contribution in [0.1, 0.15) is 19.4 Å². The van der Waals surface area contributed by atoms with E-state index in [9.17, 15) is 26.7 Å². The molecule has 1 saturated carbocycles. The minimum Gasteiger partial charge on any atom is -0.497 e. The fourth-order valence-electron chi connectivity index (χ4n) is 2.76. The molecule has 26 heavy (non-hydrogen) atoms. The summed E-state index contributed by atoms with van der Waals surface area (Å²) in [6.45, 7) is 2.47. The lowest BCUT2D eigenvalue weighted by Gasteiger charge is -2.09. The van der Waals surface area contributed by atoms with Crippen LogP contribution in [0.5, 0.6) is 5.75 Å². The van der Waals surface area contributed by atoms with Gasteiger partial charge in [0.25, 0.3) is 0 Å². The topological polar surface area (TPSA) is 35.5 Å². The Morgan fingerprint density at radius 3 is 2.27 bits per heavy atom. The standard InChI is InChI=1S/C17H16ClF5O3/c1-16(2)10(6-13(18)17(21,22)23)14(16)15(24)26-7-9-11(19)4-8(25-3)5-12(9)20/h4-6,10,14H,7H2,1-3H3. The quantitative estimate of drug-likeness (QED) is 0.518. The number of allylic oxidation sites excluding steroid dienone is 2. The van der Waals surface area contributed by atoms with Gasteiger partial charge < -0.3 is 9.47 Å². The number of benzene rings is 1. The number of hydrogen-bond acceptors (Lipinski definition) is 3. The molecule has 1 aliphatic carbocycles. The van der Waals surface area contributed by atoms with E-state index in [2.05, 4.69) is 0 Å². The van der Waals surface area contributed by atoms with Crippen molar-refractivity contribution in [3.8, 4) is 5.75 Å². The van der Waals surface area contributed by atoms with Gasteiger partial charge in [0, 0.05) is 12.1 Å². The van der Waals surface area contributed by atoms with E-state index >= 15 is 0 Å². The zero-order valence-electron chi connectivity index (χ0n) is 14.1. The van der Waals surface area contributed by atoms with Crippen molar-refractivity contribution >= 4 is 17.6 Å². The molecule has 0 saturated heterocycles. The number of rotatable bonds is 5. The Morgan fingerprint density at radius 2 is 1.81 bits per heavy atom. The molecule has 0 amide bonds. The molecule has 0 heterocycles. The first-order valence-corrected chi connectivity index (χ1v) is 7.90. The number of hydrogen-bond donors (Lipinski definition) is 0. The molecule has 1 aromatic rings. The van der Waals surface area contributed by atoms with Crippen LogP contribution < -0.4 is 4.74 Å². The third-order valence-electron chi connectivity index (χ3n) is 4.47. The lowest BCUT2D eigenvalue weighted by molar-refractivity contribution is -0.147. The monoisotopic (exact) mass is 398 g/mol. The maximum atomic E-state index is 13.8. The van der Waals surface area contributed by atoms with Gasteiger partial charge in [-0.25, -0.2) is 8.78 Å². The molecule has 0 bridgehead atoms. The van der Waals surface area contributed by atoms with Gasteiger partial charge in [-0.3, -0.25) is 4.79 Å². The van der Waals surface area contributed by atoms with Crippen LogP contribution in [0.25, 0.3) is 0 Å². The summed E-state index contributed by atoms with van der Waals surface area (Å²) in [5.41, 5.74) is -1.28. The Hall–Kier alpha value is -1.83. The fourth-order valence-corrected chi connectivity index (χ4v) is 2.90. The van der Waals surface area contributed by atoms with Crippen molar-refractivity contribution in [3.05, 3.63) is 40.4 Å². The van der Waals surface area contributed by atoms with Gasteiger partial charge in [-0.1, -0.05) is 31.5 Å². The molecule has 0 aromatic heterocycles. The maximum absolute atomic E-state index is 13.8. The number of halogens is 6. The Labute approximate surface area is 151 Å². The summed E-state index contributed by atoms with van der Waals surface area (Å²) in [6.07, 6.45) is -3.94. The number of esters is 1. The Morgan fingerprint density at radius 1 is 1.27 bits per heavy atom. The summed E-state index contributed by atoms with van der Waals surface area (Å²) in [5.74, 6) is -4.47. The Balaban J connectivity index is 2.07. The van der Waals surface area contributed by atoms with E-state index in [4.69, 9.17) is 21.1 Å². The highest BCUT2D eigenvalue weighted by atomic mass is 35.5. The van der Waals surface area contributed by atoms with E-state index < -0.39 is 58.2 Å². The van der Waals surface area contributed by atoms with Crippen LogP contribution in [0.3, 0.4) is 0 Å². The van der Waals surface area contributed by atoms with Crippen LogP contribution in [0.2, 0.25) is 0 Å². The molecule has 2 unspecified atom stereocenters. The number of methoxy groups -OCH3 is 1. The maximum Gasteiger partial charge on any atom is 0.426 e. The van der Waals surface area contributed by atoms with Gasteiger partial charge in [-0.15, -0.1) is 0 Å². The predicted octanol–water partition coefficient (Wildman–Crippen LogP) is 4.97. The van der Waals surface area contributed by atoms with Gasteiger partial charge >= 0.3 is 12.1 Å². The summed E-state index contributed by atoms with van der Waals surface area (Å²) in [5, 5.41) is -1.32. The van der Waals surface area contributed by atoms with Gasteiger partial charge in [-0.05, 0) is 11.3 Å². The first-order chi connectivity index (χ1) is 11.9. The second-order valence-corrected chi connectivity index (χ2v) is 6.92. The van der Waals surface area contributed by atoms with E-state index in [-0.39, 0.29) is 5.75 Å². The van der Waals surface area contributed by atoms with Crippen molar-refractivity contribution < 1.29 is 36.2 Å². The lowest BCUT2D eigenvalue weighted by atomic mass is 10.1. The van der Waals surface area contributed by atoms with Crippen molar-refractivity contribution in [2.75, 3.05) is 7.11 Å². The molecule has 144 valence electrons. The molecule has 1 aromatic carbocycles. The minimum atomic E-state index is -4.70. The highest BCUT2D eigenvalue weighted by Gasteiger charge is 2.62. The summed E-state index contributed by atoms with van der Waals surface area (Å²) in [7, 11) is 1.24. The second-order valence-electron chi connectivity index (χ2n) is 6.51. The molecule has 3 nitrogen and oxygen atoms in total. The Bertz CT molecular complexity index is 719. The number of ether oxygens (including phenoxy) is 2. The van der Waals surface area contributed by atoms with Crippen molar-refractivity contribution in [2.24, 2.45) is 17.3 Å². The molecular weight excluding hydrogens is 383 g/mol. The smallest absolute Gasteiger partial charge is 0.426 e. The molecule has 0 radical (unpaired) electrons. The van der Waals surface area contributed by atoms with Crippen molar-refractivity contribution in [1.29, 1.82) is 0 Å². The van der Waals surface area contributed by atoms with Crippen molar-refractivity contribution in [3.63, 3.8) is 0 Å². The average Bonchev–Trinajstić information content (AvgIpc) is 3.05. The van der Waals surface area contributed by atoms with E-state index in [1.165, 1.54) is 7.11 Å². The first kappa shape index (κ1) is 20.5. The van der Waals surface area contributed by atoms with Crippen LogP contribution in [0.4, 0.5) is 22.0 Å². The molecule has 0 N–H and O–H groups in total. The molecular formula is C17H16ClF5O3. The van der Waals surface area contributed by atoms with Gasteiger partial charge in [0.05, 0.1) is 18.6 Å². The van der Waals surface area contributed by atoms with Crippen molar-refractivity contribution in [1.82, 2.24) is 0 Å². The minimum absolute atomic E-state index is 0.0367. The largest absolute Gasteiger partial charge is 0.497 e. The number of alkyl halides is 3. The SMILES string of the molecule is COc1cc(F)c(COC(=O)C2C(C=C(Cl)C(F)(F)F)C2(C)C)c(F)c1. The second kappa shape index (κ2) is 7.06. The molecule has 2 rings (SSSR count). The summed E-state index contributed by atoms with van der Waals surface area (Å²) in [6, 6.07) is 1.86. The third kappa shape index (κ3) is 4.11. The zero-order chi connectivity index (χ0) is 19.9. The van der Waals surface area contributed by atoms with Gasteiger partial charge in [-0.2, -0.15) is 13.2 Å². The van der Waals surface area contributed by atoms with Crippen LogP contribution in [-0.4, -0.2) is 19.3 Å². The molecule has 9 heteroatoms. The van der Waals surface area contributed by atoms with E-state index in [1.54, 1.807) is 13.8 Å². The summed E-state index contributed by atoms with van der Waals surface area (Å²) < 4.78 is 74.9. The van der Waals surface area contributed by atoms with E-state index in [1.807, 2.05) is 0 Å². The van der Waals surface area contributed by atoms with Crippen LogP contribution >= 0.6 is 11.6 Å². The fraction of sp³-hybridized carbons (Fsp3) is 0.471. The number of carbonyl (C=O) groups excluding carboxylic acids is 1. The highest BCUT2D eigenvalue weighted by Crippen LogP contribution is 2.60. The lowest BCUT2D eigenvalue weighted by Crippen LogP contribution is -2.12. The highest BCUT2D eigenvalue weighted by molar-refractivity contribution is 6.30. The predicted molar refractivity (Wildman–Crippen MR) is 83.5 cm³/mol. The van der Waals surface area contributed by atoms with Gasteiger partial charge in [0.1, 0.15) is 29.0 Å². The van der Waals surface area contributed by atoms with Crippen LogP contribution in [-0.2, 0) is 16.1 Å². The summed E-state index contributed by atoms with van der Waals surface area (Å²) >= 11 is 5.21.